The van der Waals surface area contributed by atoms with Gasteiger partial charge in [0.2, 0.25) is 5.16 Å². The number of benzene rings is 2. The molecule has 0 saturated carbocycles. The maximum atomic E-state index is 12.8. The van der Waals surface area contributed by atoms with Crippen molar-refractivity contribution >= 4 is 17.5 Å². The zero-order valence-corrected chi connectivity index (χ0v) is 15.5. The van der Waals surface area contributed by atoms with Gasteiger partial charge in [-0.2, -0.15) is 4.68 Å². The van der Waals surface area contributed by atoms with Gasteiger partial charge in [0.15, 0.2) is 5.78 Å². The van der Waals surface area contributed by atoms with Crippen LogP contribution in [0.1, 0.15) is 34.0 Å². The third-order valence-electron chi connectivity index (χ3n) is 4.03. The van der Waals surface area contributed by atoms with E-state index in [0.717, 1.165) is 22.4 Å². The number of hydrogen-bond acceptors (Lipinski definition) is 5. The van der Waals surface area contributed by atoms with Crippen molar-refractivity contribution in [3.8, 4) is 5.69 Å². The Morgan fingerprint density at radius 2 is 1.72 bits per heavy atom. The normalized spacial score (nSPS) is 12.2. The summed E-state index contributed by atoms with van der Waals surface area (Å²) < 4.78 is 1.66. The van der Waals surface area contributed by atoms with E-state index < -0.39 is 0 Å². The molecule has 0 aliphatic rings. The van der Waals surface area contributed by atoms with E-state index in [0.29, 0.717) is 5.16 Å². The monoisotopic (exact) mass is 352 g/mol. The second-order valence-electron chi connectivity index (χ2n) is 6.15. The van der Waals surface area contributed by atoms with Crippen molar-refractivity contribution in [2.45, 2.75) is 38.1 Å². The van der Waals surface area contributed by atoms with Gasteiger partial charge in [-0.25, -0.2) is 0 Å². The topological polar surface area (TPSA) is 60.7 Å². The average Bonchev–Trinajstić information content (AvgIpc) is 3.05. The first-order valence-corrected chi connectivity index (χ1v) is 8.97. The van der Waals surface area contributed by atoms with Crippen molar-refractivity contribution in [3.05, 3.63) is 64.7 Å². The average molecular weight is 352 g/mol. The minimum atomic E-state index is -0.282. The Hall–Kier alpha value is -2.47. The molecule has 1 unspecified atom stereocenters. The first-order chi connectivity index (χ1) is 12.0. The number of tetrazole rings is 1. The fourth-order valence-corrected chi connectivity index (χ4v) is 3.41. The van der Waals surface area contributed by atoms with Crippen LogP contribution in [0.25, 0.3) is 5.69 Å². The molecule has 128 valence electrons. The summed E-state index contributed by atoms with van der Waals surface area (Å²) in [7, 11) is 0. The Labute approximate surface area is 151 Å². The van der Waals surface area contributed by atoms with Crippen molar-refractivity contribution in [1.29, 1.82) is 0 Å². The molecule has 6 heteroatoms. The third kappa shape index (κ3) is 3.79. The highest BCUT2D eigenvalue weighted by Gasteiger charge is 2.21. The van der Waals surface area contributed by atoms with Crippen molar-refractivity contribution in [2.75, 3.05) is 0 Å². The lowest BCUT2D eigenvalue weighted by Gasteiger charge is -2.12. The molecule has 0 saturated heterocycles. The standard InChI is InChI=1S/C19H20N4OS/c1-12-6-9-16(10-7-12)23-19(20-21-22-23)25-15(4)18(24)17-11-13(2)5-8-14(17)3/h5-11,15H,1-4H3. The molecule has 0 N–H and O–H groups in total. The van der Waals surface area contributed by atoms with Crippen LogP contribution in [0.15, 0.2) is 47.6 Å². The smallest absolute Gasteiger partial charge is 0.214 e. The highest BCUT2D eigenvalue weighted by molar-refractivity contribution is 8.00. The fraction of sp³-hybridized carbons (Fsp3) is 0.263. The van der Waals surface area contributed by atoms with Gasteiger partial charge in [-0.3, -0.25) is 4.79 Å². The molecule has 5 nitrogen and oxygen atoms in total. The molecule has 0 fully saturated rings. The Morgan fingerprint density at radius 1 is 1.04 bits per heavy atom. The minimum Gasteiger partial charge on any atom is -0.293 e. The number of hydrogen-bond donors (Lipinski definition) is 0. The van der Waals surface area contributed by atoms with Gasteiger partial charge in [0, 0.05) is 5.56 Å². The second-order valence-corrected chi connectivity index (χ2v) is 7.46. The maximum absolute atomic E-state index is 12.8. The van der Waals surface area contributed by atoms with Crippen molar-refractivity contribution in [2.24, 2.45) is 0 Å². The van der Waals surface area contributed by atoms with E-state index in [1.54, 1.807) is 4.68 Å². The molecule has 2 aromatic carbocycles. The van der Waals surface area contributed by atoms with Gasteiger partial charge in [-0.15, -0.1) is 5.10 Å². The van der Waals surface area contributed by atoms with E-state index in [1.165, 1.54) is 17.3 Å². The SMILES string of the molecule is Cc1ccc(-n2nnnc2SC(C)C(=O)c2cc(C)ccc2C)cc1. The number of nitrogens with zero attached hydrogens (tertiary/aromatic N) is 4. The number of aryl methyl sites for hydroxylation is 3. The molecule has 3 aromatic rings. The first-order valence-electron chi connectivity index (χ1n) is 8.09. The minimum absolute atomic E-state index is 0.0876. The second kappa shape index (κ2) is 7.19. The summed E-state index contributed by atoms with van der Waals surface area (Å²) >= 11 is 1.37. The largest absolute Gasteiger partial charge is 0.293 e. The van der Waals surface area contributed by atoms with E-state index in [-0.39, 0.29) is 11.0 Å². The molecular weight excluding hydrogens is 332 g/mol. The molecule has 1 atom stereocenters. The van der Waals surface area contributed by atoms with E-state index in [9.17, 15) is 4.79 Å². The van der Waals surface area contributed by atoms with Crippen molar-refractivity contribution in [1.82, 2.24) is 20.2 Å². The Bertz CT molecular complexity index is 902. The van der Waals surface area contributed by atoms with Crippen molar-refractivity contribution in [3.63, 3.8) is 0 Å². The lowest BCUT2D eigenvalue weighted by molar-refractivity contribution is 0.0993. The fourth-order valence-electron chi connectivity index (χ4n) is 2.53. The van der Waals surface area contributed by atoms with Crippen LogP contribution in [-0.4, -0.2) is 31.2 Å². The molecular formula is C19H20N4OS. The van der Waals surface area contributed by atoms with Gasteiger partial charge in [0.05, 0.1) is 10.9 Å². The molecule has 1 aromatic heterocycles. The molecule has 0 aliphatic heterocycles. The van der Waals surface area contributed by atoms with Crippen LogP contribution < -0.4 is 0 Å². The predicted octanol–water partition coefficient (Wildman–Crippen LogP) is 3.95. The number of thioether (sulfide) groups is 1. The molecule has 3 rings (SSSR count). The van der Waals surface area contributed by atoms with Crippen LogP contribution in [0.4, 0.5) is 0 Å². The van der Waals surface area contributed by atoms with Crippen molar-refractivity contribution < 1.29 is 4.79 Å². The summed E-state index contributed by atoms with van der Waals surface area (Å²) in [5.74, 6) is 0.0876. The summed E-state index contributed by atoms with van der Waals surface area (Å²) in [6, 6.07) is 13.9. The quantitative estimate of drug-likeness (QED) is 0.514. The molecule has 25 heavy (non-hydrogen) atoms. The molecule has 0 radical (unpaired) electrons. The van der Waals surface area contributed by atoms with Crippen LogP contribution in [0.3, 0.4) is 0 Å². The highest BCUT2D eigenvalue weighted by Crippen LogP contribution is 2.26. The molecule has 0 bridgehead atoms. The molecule has 0 aliphatic carbocycles. The van der Waals surface area contributed by atoms with Crippen LogP contribution in [0, 0.1) is 20.8 Å². The summed E-state index contributed by atoms with van der Waals surface area (Å²) in [5.41, 5.74) is 4.88. The highest BCUT2D eigenvalue weighted by atomic mass is 32.2. The predicted molar refractivity (Wildman–Crippen MR) is 99.5 cm³/mol. The lowest BCUT2D eigenvalue weighted by atomic mass is 10.0. The molecule has 0 spiro atoms. The summed E-state index contributed by atoms with van der Waals surface area (Å²) in [6.45, 7) is 7.87. The van der Waals surface area contributed by atoms with Gasteiger partial charge in [0.25, 0.3) is 0 Å². The zero-order chi connectivity index (χ0) is 18.0. The number of aromatic nitrogens is 4. The van der Waals surface area contributed by atoms with Crippen LogP contribution in [0.5, 0.6) is 0 Å². The van der Waals surface area contributed by atoms with Gasteiger partial charge >= 0.3 is 0 Å². The van der Waals surface area contributed by atoms with Gasteiger partial charge < -0.3 is 0 Å². The summed E-state index contributed by atoms with van der Waals surface area (Å²) in [5, 5.41) is 12.2. The lowest BCUT2D eigenvalue weighted by Crippen LogP contribution is -2.16. The van der Waals surface area contributed by atoms with E-state index in [2.05, 4.69) is 15.5 Å². The molecule has 0 amide bonds. The molecule has 1 heterocycles. The van der Waals surface area contributed by atoms with Crippen LogP contribution in [0.2, 0.25) is 0 Å². The Balaban J connectivity index is 1.83. The van der Waals surface area contributed by atoms with Crippen LogP contribution in [-0.2, 0) is 0 Å². The van der Waals surface area contributed by atoms with Gasteiger partial charge in [-0.05, 0) is 61.9 Å². The Kier molecular flexibility index (Phi) is 4.99. The number of carbonyl (C=O) groups excluding carboxylic acids is 1. The van der Waals surface area contributed by atoms with E-state index in [4.69, 9.17) is 0 Å². The van der Waals surface area contributed by atoms with Crippen LogP contribution >= 0.6 is 11.8 Å². The summed E-state index contributed by atoms with van der Waals surface area (Å²) in [4.78, 5) is 12.8. The Morgan fingerprint density at radius 3 is 2.44 bits per heavy atom. The van der Waals surface area contributed by atoms with Gasteiger partial charge in [0.1, 0.15) is 0 Å². The number of rotatable bonds is 5. The van der Waals surface area contributed by atoms with E-state index in [1.807, 2.05) is 70.2 Å². The number of ketones is 1. The number of Topliss-reactive ketones (excluding diaryl/α,β-unsaturated/α-hetero) is 1. The zero-order valence-electron chi connectivity index (χ0n) is 14.7. The summed E-state index contributed by atoms with van der Waals surface area (Å²) in [6.07, 6.45) is 0. The van der Waals surface area contributed by atoms with Gasteiger partial charge in [-0.1, -0.05) is 47.2 Å². The van der Waals surface area contributed by atoms with E-state index >= 15 is 0 Å². The first kappa shape index (κ1) is 17.4. The number of carbonyl (C=O) groups is 1. The maximum Gasteiger partial charge on any atom is 0.214 e. The third-order valence-corrected chi connectivity index (χ3v) is 5.06.